The zero-order chi connectivity index (χ0) is 42.9. The standard InChI is InChI=1S/2C18H15P.C16H14F3N3O.2ClH.Pd/c2*1-4-10-16(11-5-1)19(17-12-6-2-7-13-17)18-14-8-3-9-15-18;1-3-4-11-8-13(22-15(9-20)21-11)10-5-6-14(23-2)12(7-10)16(17,18)19;;;/h2*1-15H;5-8H,3-4H2,1-2H3;2*1H;/q;;;;;+2/p-2. The first kappa shape index (κ1) is 53.1. The van der Waals surface area contributed by atoms with E-state index < -0.39 is 27.6 Å². The molecule has 0 aliphatic carbocycles. The van der Waals surface area contributed by atoms with Gasteiger partial charge < -0.3 is 29.6 Å². The summed E-state index contributed by atoms with van der Waals surface area (Å²) in [4.78, 5) is 8.06. The van der Waals surface area contributed by atoms with Crippen molar-refractivity contribution in [2.24, 2.45) is 0 Å². The Kier molecular flexibility index (Phi) is 22.6. The van der Waals surface area contributed by atoms with Crippen LogP contribution in [0.4, 0.5) is 13.2 Å². The Hall–Kier alpha value is -5.20. The summed E-state index contributed by atoms with van der Waals surface area (Å²) >= 11 is 0. The zero-order valence-electron chi connectivity index (χ0n) is 34.9. The van der Waals surface area contributed by atoms with E-state index in [-0.39, 0.29) is 68.1 Å². The summed E-state index contributed by atoms with van der Waals surface area (Å²) in [5.41, 5.74) is 0.285. The molecule has 64 heavy (non-hydrogen) atoms. The van der Waals surface area contributed by atoms with Crippen molar-refractivity contribution in [3.8, 4) is 23.1 Å². The van der Waals surface area contributed by atoms with Crippen LogP contribution >= 0.6 is 15.8 Å². The van der Waals surface area contributed by atoms with Crippen molar-refractivity contribution in [2.45, 2.75) is 25.9 Å². The third-order valence-corrected chi connectivity index (χ3v) is 14.2. The van der Waals surface area contributed by atoms with Crippen molar-refractivity contribution in [2.75, 3.05) is 7.11 Å². The summed E-state index contributed by atoms with van der Waals surface area (Å²) in [7, 11) is 0.291. The van der Waals surface area contributed by atoms with Crippen LogP contribution in [0.2, 0.25) is 0 Å². The fourth-order valence-corrected chi connectivity index (χ4v) is 11.1. The molecule has 12 heteroatoms. The quantitative estimate of drug-likeness (QED) is 0.145. The molecule has 1 aromatic heterocycles. The van der Waals surface area contributed by atoms with Gasteiger partial charge in [-0.3, -0.25) is 0 Å². The van der Waals surface area contributed by atoms with Crippen LogP contribution in [-0.4, -0.2) is 17.1 Å². The molecule has 0 bridgehead atoms. The van der Waals surface area contributed by atoms with Gasteiger partial charge in [-0.05, 0) is 78.4 Å². The Labute approximate surface area is 403 Å². The molecular formula is C52H44Cl2F3N3OP2Pd. The molecule has 0 aliphatic heterocycles. The number of benzene rings is 7. The third kappa shape index (κ3) is 14.9. The molecule has 0 aliphatic rings. The van der Waals surface area contributed by atoms with Crippen molar-refractivity contribution >= 4 is 47.7 Å². The number of hydrogen-bond acceptors (Lipinski definition) is 4. The first-order valence-electron chi connectivity index (χ1n) is 19.7. The summed E-state index contributed by atoms with van der Waals surface area (Å²) in [5.74, 6) is -0.320. The van der Waals surface area contributed by atoms with Crippen molar-refractivity contribution in [1.29, 1.82) is 5.26 Å². The first-order chi connectivity index (χ1) is 29.8. The van der Waals surface area contributed by atoms with Gasteiger partial charge >= 0.3 is 26.6 Å². The number of hydrogen-bond donors (Lipinski definition) is 0. The molecule has 0 amide bonds. The van der Waals surface area contributed by atoms with Crippen LogP contribution in [0, 0.1) is 11.3 Å². The average molecular weight is 1020 g/mol. The van der Waals surface area contributed by atoms with Crippen molar-refractivity contribution in [3.05, 3.63) is 223 Å². The Morgan fingerprint density at radius 3 is 1.16 bits per heavy atom. The van der Waals surface area contributed by atoms with Gasteiger partial charge in [0.05, 0.1) is 18.4 Å². The second kappa shape index (κ2) is 27.2. The van der Waals surface area contributed by atoms with Gasteiger partial charge in [-0.1, -0.05) is 195 Å². The number of alkyl halides is 3. The number of nitrogens with zero attached hydrogens (tertiary/aromatic N) is 3. The normalized spacial score (nSPS) is 10.3. The Balaban J connectivity index is 0.000000251. The average Bonchev–Trinajstić information content (AvgIpc) is 3.31. The second-order valence-electron chi connectivity index (χ2n) is 13.5. The largest absolute Gasteiger partial charge is 2.00 e. The number of aryl methyl sites for hydroxylation is 1. The molecule has 7 aromatic carbocycles. The Morgan fingerprint density at radius 2 is 0.875 bits per heavy atom. The zero-order valence-corrected chi connectivity index (χ0v) is 39.7. The van der Waals surface area contributed by atoms with Gasteiger partial charge in [-0.25, -0.2) is 9.97 Å². The van der Waals surface area contributed by atoms with Crippen LogP contribution in [0.1, 0.15) is 30.4 Å². The van der Waals surface area contributed by atoms with Crippen molar-refractivity contribution in [1.82, 2.24) is 9.97 Å². The van der Waals surface area contributed by atoms with E-state index in [1.165, 1.54) is 51.1 Å². The summed E-state index contributed by atoms with van der Waals surface area (Å²) in [6, 6.07) is 71.8. The Morgan fingerprint density at radius 1 is 0.531 bits per heavy atom. The molecule has 1 heterocycles. The van der Waals surface area contributed by atoms with Gasteiger partial charge in [-0.2, -0.15) is 18.4 Å². The number of aromatic nitrogens is 2. The molecule has 8 rings (SSSR count). The minimum atomic E-state index is -4.54. The van der Waals surface area contributed by atoms with Crippen molar-refractivity contribution in [3.63, 3.8) is 0 Å². The van der Waals surface area contributed by atoms with E-state index in [9.17, 15) is 13.2 Å². The van der Waals surface area contributed by atoms with E-state index >= 15 is 0 Å². The SMILES string of the molecule is CCCc1cc(-c2ccc(OC)c(C(F)(F)F)c2)nc(C#N)n1.[Cl-].[Cl-].[Pd+2].c1ccc(P(c2ccccc2)c2ccccc2)cc1.c1ccc(P(c2ccccc2)c2ccccc2)cc1. The van der Waals surface area contributed by atoms with Gasteiger partial charge in [0, 0.05) is 11.3 Å². The van der Waals surface area contributed by atoms with Crippen LogP contribution in [0.25, 0.3) is 11.3 Å². The molecule has 0 N–H and O–H groups in total. The molecule has 0 atom stereocenters. The number of halogens is 5. The van der Waals surface area contributed by atoms with Crippen molar-refractivity contribution < 1.29 is 63.1 Å². The molecule has 0 saturated heterocycles. The smallest absolute Gasteiger partial charge is 1.00 e. The monoisotopic (exact) mass is 1020 g/mol. The van der Waals surface area contributed by atoms with E-state index in [1.807, 2.05) is 13.0 Å². The fourth-order valence-electron chi connectivity index (χ4n) is 6.53. The van der Waals surface area contributed by atoms with Gasteiger partial charge in [0.25, 0.3) is 0 Å². The molecule has 0 radical (unpaired) electrons. The maximum absolute atomic E-state index is 13.1. The van der Waals surface area contributed by atoms with E-state index in [2.05, 4.69) is 192 Å². The first-order valence-corrected chi connectivity index (χ1v) is 22.4. The number of nitriles is 1. The number of ether oxygens (including phenoxy) is 1. The van der Waals surface area contributed by atoms with Gasteiger partial charge in [0.15, 0.2) is 0 Å². The Bertz CT molecular complexity index is 2290. The summed E-state index contributed by atoms with van der Waals surface area (Å²) < 4.78 is 44.1. The van der Waals surface area contributed by atoms with Gasteiger partial charge in [0.2, 0.25) is 5.82 Å². The van der Waals surface area contributed by atoms with Gasteiger partial charge in [0.1, 0.15) is 11.8 Å². The van der Waals surface area contributed by atoms with Crippen LogP contribution in [0.15, 0.2) is 206 Å². The third-order valence-electron chi connectivity index (χ3n) is 9.27. The molecular weight excluding hydrogens is 979 g/mol. The number of rotatable bonds is 10. The molecule has 328 valence electrons. The van der Waals surface area contributed by atoms with Gasteiger partial charge in [-0.15, -0.1) is 0 Å². The predicted molar refractivity (Wildman–Crippen MR) is 248 cm³/mol. The van der Waals surface area contributed by atoms with Crippen LogP contribution in [-0.2, 0) is 33.0 Å². The fraction of sp³-hybridized carbons (Fsp3) is 0.0962. The summed E-state index contributed by atoms with van der Waals surface area (Å²) in [5, 5.41) is 17.4. The van der Waals surface area contributed by atoms with Crippen LogP contribution in [0.3, 0.4) is 0 Å². The maximum Gasteiger partial charge on any atom is 2.00 e. The predicted octanol–water partition coefficient (Wildman–Crippen LogP) is 4.89. The van der Waals surface area contributed by atoms with E-state index in [1.54, 1.807) is 6.07 Å². The molecule has 0 saturated carbocycles. The molecule has 0 fully saturated rings. The minimum absolute atomic E-state index is 0. The van der Waals surface area contributed by atoms with Crippen LogP contribution in [0.5, 0.6) is 5.75 Å². The topological polar surface area (TPSA) is 58.8 Å². The summed E-state index contributed by atoms with van der Waals surface area (Å²) in [6.07, 6.45) is -3.12. The molecule has 4 nitrogen and oxygen atoms in total. The molecule has 8 aromatic rings. The number of methoxy groups -OCH3 is 1. The molecule has 0 spiro atoms. The summed E-state index contributed by atoms with van der Waals surface area (Å²) in [6.45, 7) is 1.95. The minimum Gasteiger partial charge on any atom is -1.00 e. The maximum atomic E-state index is 13.1. The van der Waals surface area contributed by atoms with Crippen LogP contribution < -0.4 is 61.4 Å². The van der Waals surface area contributed by atoms with E-state index in [0.717, 1.165) is 12.5 Å². The van der Waals surface area contributed by atoms with E-state index in [0.29, 0.717) is 12.1 Å². The molecule has 0 unspecified atom stereocenters. The van der Waals surface area contributed by atoms with E-state index in [4.69, 9.17) is 10.00 Å². The second-order valence-corrected chi connectivity index (χ2v) is 18.0.